The highest BCUT2D eigenvalue weighted by Gasteiger charge is 2.34. The molecule has 0 spiro atoms. The largest absolute Gasteiger partial charge is 0.297 e. The Labute approximate surface area is 114 Å². The fourth-order valence-electron chi connectivity index (χ4n) is 1.50. The van der Waals surface area contributed by atoms with Crippen molar-refractivity contribution in [2.45, 2.75) is 18.8 Å². The Hall–Kier alpha value is -0.600. The minimum Gasteiger partial charge on any atom is -0.297 e. The van der Waals surface area contributed by atoms with Gasteiger partial charge in [-0.05, 0) is 47.2 Å². The molecule has 0 N–H and O–H groups in total. The molecule has 0 amide bonds. The molecule has 1 rings (SSSR count). The van der Waals surface area contributed by atoms with Gasteiger partial charge in [0.05, 0.1) is 23.8 Å². The number of nitriles is 1. The molecule has 0 saturated heterocycles. The van der Waals surface area contributed by atoms with Gasteiger partial charge in [-0.15, -0.1) is 11.6 Å². The van der Waals surface area contributed by atoms with Crippen LogP contribution in [-0.4, -0.2) is 11.7 Å². The predicted octanol–water partition coefficient (Wildman–Crippen LogP) is 3.27. The van der Waals surface area contributed by atoms with Crippen LogP contribution in [0.1, 0.15) is 18.9 Å². The topological polar surface area (TPSA) is 40.9 Å². The van der Waals surface area contributed by atoms with Crippen LogP contribution in [0, 0.1) is 14.9 Å². The zero-order valence-corrected chi connectivity index (χ0v) is 11.7. The molecule has 0 aliphatic carbocycles. The van der Waals surface area contributed by atoms with Gasteiger partial charge in [0.15, 0.2) is 5.78 Å². The molecule has 0 aromatic heterocycles. The average Bonchev–Trinajstić information content (AvgIpc) is 2.28. The van der Waals surface area contributed by atoms with Crippen LogP contribution in [0.3, 0.4) is 0 Å². The molecule has 1 aromatic rings. The third-order valence-electron chi connectivity index (χ3n) is 2.63. The van der Waals surface area contributed by atoms with E-state index in [1.807, 2.05) is 24.3 Å². The molecule has 16 heavy (non-hydrogen) atoms. The van der Waals surface area contributed by atoms with Crippen LogP contribution in [0.15, 0.2) is 24.3 Å². The zero-order valence-electron chi connectivity index (χ0n) is 8.84. The van der Waals surface area contributed by atoms with Gasteiger partial charge >= 0.3 is 0 Å². The third kappa shape index (κ3) is 2.74. The van der Waals surface area contributed by atoms with Crippen LogP contribution in [0.2, 0.25) is 0 Å². The Bertz CT molecular complexity index is 441. The summed E-state index contributed by atoms with van der Waals surface area (Å²) < 4.78 is 1.04. The summed E-state index contributed by atoms with van der Waals surface area (Å²) in [5.74, 6) is -0.179. The van der Waals surface area contributed by atoms with Crippen LogP contribution in [0.5, 0.6) is 0 Å². The smallest absolute Gasteiger partial charge is 0.158 e. The van der Waals surface area contributed by atoms with E-state index in [0.29, 0.717) is 0 Å². The van der Waals surface area contributed by atoms with E-state index in [1.165, 1.54) is 0 Å². The SMILES string of the molecule is CC(CC#N)(C(=O)CCl)c1cccc(I)c1. The standard InChI is InChI=1S/C12H11ClINO/c1-12(5-6-15,11(16)8-13)9-3-2-4-10(14)7-9/h2-4,7H,5,8H2,1H3. The number of alkyl halides is 1. The lowest BCUT2D eigenvalue weighted by Gasteiger charge is -2.25. The van der Waals surface area contributed by atoms with Crippen molar-refractivity contribution >= 4 is 40.0 Å². The van der Waals surface area contributed by atoms with Crippen molar-refractivity contribution in [3.8, 4) is 6.07 Å². The Kier molecular flexibility index (Phi) is 4.75. The lowest BCUT2D eigenvalue weighted by molar-refractivity contribution is -0.121. The Balaban J connectivity index is 3.22. The van der Waals surface area contributed by atoms with Crippen molar-refractivity contribution in [1.82, 2.24) is 0 Å². The molecule has 0 aliphatic heterocycles. The van der Waals surface area contributed by atoms with Crippen molar-refractivity contribution < 1.29 is 4.79 Å². The monoisotopic (exact) mass is 347 g/mol. The van der Waals surface area contributed by atoms with Gasteiger partial charge in [0.25, 0.3) is 0 Å². The maximum Gasteiger partial charge on any atom is 0.158 e. The molecular weight excluding hydrogens is 336 g/mol. The molecule has 0 aliphatic rings. The summed E-state index contributed by atoms with van der Waals surface area (Å²) in [5, 5.41) is 8.83. The van der Waals surface area contributed by atoms with Crippen molar-refractivity contribution in [2.24, 2.45) is 0 Å². The second-order valence-electron chi connectivity index (χ2n) is 3.73. The Morgan fingerprint density at radius 3 is 2.81 bits per heavy atom. The lowest BCUT2D eigenvalue weighted by Crippen LogP contribution is -2.33. The molecular formula is C12H11ClINO. The van der Waals surface area contributed by atoms with Crippen molar-refractivity contribution in [2.75, 3.05) is 5.88 Å². The fraction of sp³-hybridized carbons (Fsp3) is 0.333. The summed E-state index contributed by atoms with van der Waals surface area (Å²) >= 11 is 7.78. The number of carbonyl (C=O) groups excluding carboxylic acids is 1. The number of nitrogens with zero attached hydrogens (tertiary/aromatic N) is 1. The molecule has 2 nitrogen and oxygen atoms in total. The quantitative estimate of drug-likeness (QED) is 0.619. The summed E-state index contributed by atoms with van der Waals surface area (Å²) in [4.78, 5) is 11.8. The summed E-state index contributed by atoms with van der Waals surface area (Å²) in [5.41, 5.74) is 0.0594. The third-order valence-corrected chi connectivity index (χ3v) is 3.54. The van der Waals surface area contributed by atoms with Gasteiger partial charge in [0.1, 0.15) is 0 Å². The minimum atomic E-state index is -0.794. The molecule has 1 aromatic carbocycles. The molecule has 0 saturated carbocycles. The molecule has 0 heterocycles. The van der Waals surface area contributed by atoms with Crippen LogP contribution < -0.4 is 0 Å². The van der Waals surface area contributed by atoms with E-state index in [-0.39, 0.29) is 18.1 Å². The first-order valence-electron chi connectivity index (χ1n) is 4.77. The fourth-order valence-corrected chi connectivity index (χ4v) is 2.34. The first-order chi connectivity index (χ1) is 7.54. The maximum atomic E-state index is 11.8. The second kappa shape index (κ2) is 5.65. The molecule has 1 atom stereocenters. The van der Waals surface area contributed by atoms with Gasteiger partial charge in [-0.2, -0.15) is 5.26 Å². The average molecular weight is 348 g/mol. The first-order valence-corrected chi connectivity index (χ1v) is 6.38. The minimum absolute atomic E-state index is 0.0658. The van der Waals surface area contributed by atoms with Gasteiger partial charge in [-0.3, -0.25) is 4.79 Å². The van der Waals surface area contributed by atoms with Crippen molar-refractivity contribution in [3.63, 3.8) is 0 Å². The number of carbonyl (C=O) groups is 1. The summed E-state index contributed by atoms with van der Waals surface area (Å²) in [6.07, 6.45) is 0.151. The highest BCUT2D eigenvalue weighted by molar-refractivity contribution is 14.1. The van der Waals surface area contributed by atoms with Crippen molar-refractivity contribution in [3.05, 3.63) is 33.4 Å². The number of Topliss-reactive ketones (excluding diaryl/α,β-unsaturated/α-hetero) is 1. The van der Waals surface area contributed by atoms with Gasteiger partial charge in [-0.1, -0.05) is 12.1 Å². The van der Waals surface area contributed by atoms with E-state index in [9.17, 15) is 4.79 Å². The number of hydrogen-bond donors (Lipinski definition) is 0. The molecule has 84 valence electrons. The van der Waals surface area contributed by atoms with Crippen LogP contribution in [0.25, 0.3) is 0 Å². The normalized spacial score (nSPS) is 13.9. The Morgan fingerprint density at radius 1 is 1.62 bits per heavy atom. The van der Waals surface area contributed by atoms with Crippen LogP contribution >= 0.6 is 34.2 Å². The van der Waals surface area contributed by atoms with Gasteiger partial charge in [0.2, 0.25) is 0 Å². The highest BCUT2D eigenvalue weighted by atomic mass is 127. The molecule has 4 heteroatoms. The number of halogens is 2. The van der Waals surface area contributed by atoms with E-state index in [0.717, 1.165) is 9.13 Å². The zero-order chi connectivity index (χ0) is 12.2. The van der Waals surface area contributed by atoms with E-state index in [2.05, 4.69) is 28.7 Å². The predicted molar refractivity (Wildman–Crippen MR) is 72.5 cm³/mol. The van der Waals surface area contributed by atoms with Gasteiger partial charge in [-0.25, -0.2) is 0 Å². The molecule has 0 radical (unpaired) electrons. The number of ketones is 1. The Morgan fingerprint density at radius 2 is 2.31 bits per heavy atom. The van der Waals surface area contributed by atoms with E-state index in [4.69, 9.17) is 16.9 Å². The van der Waals surface area contributed by atoms with E-state index >= 15 is 0 Å². The number of hydrogen-bond acceptors (Lipinski definition) is 2. The summed E-state index contributed by atoms with van der Waals surface area (Å²) in [6.45, 7) is 1.77. The second-order valence-corrected chi connectivity index (χ2v) is 5.25. The molecule has 0 bridgehead atoms. The highest BCUT2D eigenvalue weighted by Crippen LogP contribution is 2.30. The van der Waals surface area contributed by atoms with Gasteiger partial charge in [0, 0.05) is 3.57 Å². The maximum absolute atomic E-state index is 11.8. The van der Waals surface area contributed by atoms with E-state index < -0.39 is 5.41 Å². The van der Waals surface area contributed by atoms with Crippen LogP contribution in [-0.2, 0) is 10.2 Å². The first kappa shape index (κ1) is 13.5. The number of benzene rings is 1. The lowest BCUT2D eigenvalue weighted by atomic mass is 9.77. The van der Waals surface area contributed by atoms with Crippen molar-refractivity contribution in [1.29, 1.82) is 5.26 Å². The number of rotatable bonds is 4. The summed E-state index contributed by atoms with van der Waals surface area (Å²) in [6, 6.07) is 9.67. The summed E-state index contributed by atoms with van der Waals surface area (Å²) in [7, 11) is 0. The van der Waals surface area contributed by atoms with Crippen LogP contribution in [0.4, 0.5) is 0 Å². The molecule has 1 unspecified atom stereocenters. The molecule has 0 fully saturated rings. The van der Waals surface area contributed by atoms with Gasteiger partial charge < -0.3 is 0 Å². The van der Waals surface area contributed by atoms with E-state index in [1.54, 1.807) is 6.92 Å².